The molecule has 2 N–H and O–H groups in total. The normalized spacial score (nSPS) is 17.3. The van der Waals surface area contributed by atoms with Crippen LogP contribution in [-0.4, -0.2) is 5.16 Å². The van der Waals surface area contributed by atoms with Crippen LogP contribution in [0.2, 0.25) is 0 Å². The Bertz CT molecular complexity index is 427. The molecule has 1 aromatic heterocycles. The molecule has 3 nitrogen and oxygen atoms in total. The van der Waals surface area contributed by atoms with Gasteiger partial charge in [0.15, 0.2) is 0 Å². The summed E-state index contributed by atoms with van der Waals surface area (Å²) >= 11 is 0. The van der Waals surface area contributed by atoms with Gasteiger partial charge in [-0.1, -0.05) is 70.4 Å². The summed E-state index contributed by atoms with van der Waals surface area (Å²) in [4.78, 5) is 0. The van der Waals surface area contributed by atoms with Gasteiger partial charge in [-0.2, -0.15) is 0 Å². The van der Waals surface area contributed by atoms with Gasteiger partial charge in [0.1, 0.15) is 0 Å². The lowest BCUT2D eigenvalue weighted by molar-refractivity contribution is 0.184. The van der Waals surface area contributed by atoms with Crippen LogP contribution in [-0.2, 0) is 6.42 Å². The van der Waals surface area contributed by atoms with Gasteiger partial charge in [0.2, 0.25) is 5.88 Å². The standard InChI is InChI=1S/C20H36N2O/c1-3-12-20(13-4-2,16-18-15-19(21)23-22-18)14-11-17-9-7-5-6-8-10-17/h15,17H,3-14,16,21H2,1-2H3. The van der Waals surface area contributed by atoms with Gasteiger partial charge < -0.3 is 10.3 Å². The van der Waals surface area contributed by atoms with Crippen LogP contribution >= 0.6 is 0 Å². The average Bonchev–Trinajstić information content (AvgIpc) is 2.77. The van der Waals surface area contributed by atoms with E-state index in [1.54, 1.807) is 0 Å². The maximum absolute atomic E-state index is 5.72. The predicted molar refractivity (Wildman–Crippen MR) is 97.3 cm³/mol. The van der Waals surface area contributed by atoms with Crippen molar-refractivity contribution >= 4 is 5.88 Å². The number of nitrogens with zero attached hydrogens (tertiary/aromatic N) is 1. The lowest BCUT2D eigenvalue weighted by atomic mass is 9.70. The molecule has 0 unspecified atom stereocenters. The molecule has 23 heavy (non-hydrogen) atoms. The Balaban J connectivity index is 2.01. The van der Waals surface area contributed by atoms with Gasteiger partial charge in [0.05, 0.1) is 5.69 Å². The maximum atomic E-state index is 5.72. The predicted octanol–water partition coefficient (Wildman–Crippen LogP) is 6.14. The number of rotatable bonds is 9. The van der Waals surface area contributed by atoms with Crippen molar-refractivity contribution in [1.82, 2.24) is 5.16 Å². The van der Waals surface area contributed by atoms with Crippen LogP contribution < -0.4 is 5.73 Å². The van der Waals surface area contributed by atoms with Crippen LogP contribution in [0.15, 0.2) is 10.6 Å². The first kappa shape index (κ1) is 18.4. The molecule has 132 valence electrons. The SMILES string of the molecule is CCCC(CCC)(CCC1CCCCCC1)Cc1cc(N)on1. The van der Waals surface area contributed by atoms with Crippen molar-refractivity contribution in [3.05, 3.63) is 11.8 Å². The fourth-order valence-corrected chi connectivity index (χ4v) is 4.66. The average molecular weight is 321 g/mol. The second kappa shape index (κ2) is 9.34. The largest absolute Gasteiger partial charge is 0.368 e. The molecule has 0 aliphatic heterocycles. The van der Waals surface area contributed by atoms with Gasteiger partial charge in [0, 0.05) is 6.07 Å². The highest BCUT2D eigenvalue weighted by Crippen LogP contribution is 2.41. The molecule has 2 rings (SSSR count). The first-order valence-corrected chi connectivity index (χ1v) is 9.88. The monoisotopic (exact) mass is 320 g/mol. The molecular weight excluding hydrogens is 284 g/mol. The lowest BCUT2D eigenvalue weighted by Gasteiger charge is -2.34. The summed E-state index contributed by atoms with van der Waals surface area (Å²) in [6.07, 6.45) is 17.5. The van der Waals surface area contributed by atoms with E-state index in [0.29, 0.717) is 11.3 Å². The van der Waals surface area contributed by atoms with E-state index >= 15 is 0 Å². The second-order valence-electron chi connectivity index (χ2n) is 7.79. The molecule has 0 saturated heterocycles. The van der Waals surface area contributed by atoms with Crippen molar-refractivity contribution in [3.63, 3.8) is 0 Å². The summed E-state index contributed by atoms with van der Waals surface area (Å²) in [6.45, 7) is 4.63. The van der Waals surface area contributed by atoms with Crippen molar-refractivity contribution in [2.75, 3.05) is 5.73 Å². The molecule has 1 fully saturated rings. The molecule has 0 atom stereocenters. The first-order valence-electron chi connectivity index (χ1n) is 9.88. The molecular formula is C20H36N2O. The van der Waals surface area contributed by atoms with Gasteiger partial charge >= 0.3 is 0 Å². The zero-order valence-electron chi connectivity index (χ0n) is 15.3. The van der Waals surface area contributed by atoms with Gasteiger partial charge in [-0.25, -0.2) is 0 Å². The highest BCUT2D eigenvalue weighted by atomic mass is 16.5. The fourth-order valence-electron chi connectivity index (χ4n) is 4.66. The van der Waals surface area contributed by atoms with Crippen LogP contribution in [0.25, 0.3) is 0 Å². The van der Waals surface area contributed by atoms with Crippen LogP contribution in [0.4, 0.5) is 5.88 Å². The molecule has 1 saturated carbocycles. The van der Waals surface area contributed by atoms with Crippen LogP contribution in [0.5, 0.6) is 0 Å². The molecule has 0 aromatic carbocycles. The zero-order valence-corrected chi connectivity index (χ0v) is 15.3. The van der Waals surface area contributed by atoms with E-state index in [9.17, 15) is 0 Å². The Hall–Kier alpha value is -0.990. The number of hydrogen-bond donors (Lipinski definition) is 1. The lowest BCUT2D eigenvalue weighted by Crippen LogP contribution is -2.25. The molecule has 0 spiro atoms. The Morgan fingerprint density at radius 1 is 1.09 bits per heavy atom. The Labute approximate surface area is 142 Å². The van der Waals surface area contributed by atoms with E-state index in [0.717, 1.165) is 18.0 Å². The summed E-state index contributed by atoms with van der Waals surface area (Å²) in [6, 6.07) is 1.92. The van der Waals surface area contributed by atoms with E-state index < -0.39 is 0 Å². The van der Waals surface area contributed by atoms with Crippen molar-refractivity contribution in [3.8, 4) is 0 Å². The molecule has 1 aliphatic rings. The first-order chi connectivity index (χ1) is 11.2. The molecule has 1 heterocycles. The Morgan fingerprint density at radius 2 is 1.74 bits per heavy atom. The number of nitrogen functional groups attached to an aromatic ring is 1. The van der Waals surface area contributed by atoms with E-state index in [4.69, 9.17) is 10.3 Å². The maximum Gasteiger partial charge on any atom is 0.222 e. The number of aromatic nitrogens is 1. The molecule has 0 amide bonds. The Morgan fingerprint density at radius 3 is 2.26 bits per heavy atom. The third-order valence-corrected chi connectivity index (χ3v) is 5.75. The van der Waals surface area contributed by atoms with E-state index in [1.807, 2.05) is 6.07 Å². The topological polar surface area (TPSA) is 52.0 Å². The third-order valence-electron chi connectivity index (χ3n) is 5.75. The minimum atomic E-state index is 0.388. The smallest absolute Gasteiger partial charge is 0.222 e. The highest BCUT2D eigenvalue weighted by molar-refractivity contribution is 5.24. The summed E-state index contributed by atoms with van der Waals surface area (Å²) in [5.41, 5.74) is 7.16. The van der Waals surface area contributed by atoms with Crippen molar-refractivity contribution in [1.29, 1.82) is 0 Å². The van der Waals surface area contributed by atoms with Crippen molar-refractivity contribution in [2.24, 2.45) is 11.3 Å². The molecule has 1 aliphatic carbocycles. The van der Waals surface area contributed by atoms with Gasteiger partial charge in [-0.15, -0.1) is 0 Å². The van der Waals surface area contributed by atoms with Gasteiger partial charge in [-0.3, -0.25) is 0 Å². The molecule has 0 radical (unpaired) electrons. The summed E-state index contributed by atoms with van der Waals surface area (Å²) in [7, 11) is 0. The number of anilines is 1. The summed E-state index contributed by atoms with van der Waals surface area (Å²) in [5, 5.41) is 4.17. The van der Waals surface area contributed by atoms with Crippen molar-refractivity contribution in [2.45, 2.75) is 97.3 Å². The van der Waals surface area contributed by atoms with Crippen LogP contribution in [0.1, 0.15) is 96.6 Å². The molecule has 0 bridgehead atoms. The summed E-state index contributed by atoms with van der Waals surface area (Å²) < 4.78 is 5.11. The minimum Gasteiger partial charge on any atom is -0.368 e. The van der Waals surface area contributed by atoms with Crippen molar-refractivity contribution < 1.29 is 4.52 Å². The highest BCUT2D eigenvalue weighted by Gasteiger charge is 2.30. The van der Waals surface area contributed by atoms with E-state index in [2.05, 4.69) is 19.0 Å². The Kier molecular flexibility index (Phi) is 7.45. The minimum absolute atomic E-state index is 0.388. The van der Waals surface area contributed by atoms with E-state index in [1.165, 1.54) is 77.0 Å². The molecule has 1 aromatic rings. The van der Waals surface area contributed by atoms with Crippen LogP contribution in [0, 0.1) is 11.3 Å². The zero-order chi connectivity index (χ0) is 16.5. The number of hydrogen-bond acceptors (Lipinski definition) is 3. The van der Waals surface area contributed by atoms with Crippen LogP contribution in [0.3, 0.4) is 0 Å². The number of nitrogens with two attached hydrogens (primary N) is 1. The third kappa shape index (κ3) is 5.86. The molecule has 3 heteroatoms. The fraction of sp³-hybridized carbons (Fsp3) is 0.850. The van der Waals surface area contributed by atoms with Gasteiger partial charge in [0.25, 0.3) is 0 Å². The van der Waals surface area contributed by atoms with Gasteiger partial charge in [-0.05, 0) is 43.4 Å². The second-order valence-corrected chi connectivity index (χ2v) is 7.79. The van der Waals surface area contributed by atoms with E-state index in [-0.39, 0.29) is 0 Å². The summed E-state index contributed by atoms with van der Waals surface area (Å²) in [5.74, 6) is 1.40. The quantitative estimate of drug-likeness (QED) is 0.556.